The zero-order chi connectivity index (χ0) is 10.6. The van der Waals surface area contributed by atoms with Crippen molar-refractivity contribution >= 4 is 11.8 Å². The molecule has 1 aromatic rings. The van der Waals surface area contributed by atoms with Gasteiger partial charge in [-0.2, -0.15) is 0 Å². The van der Waals surface area contributed by atoms with Gasteiger partial charge in [0.1, 0.15) is 0 Å². The van der Waals surface area contributed by atoms with Crippen LogP contribution >= 0.6 is 0 Å². The number of phenols is 1. The van der Waals surface area contributed by atoms with Crippen molar-refractivity contribution in [2.75, 3.05) is 6.61 Å². The molecule has 0 atom stereocenters. The van der Waals surface area contributed by atoms with E-state index in [1.54, 1.807) is 0 Å². The topological polar surface area (TPSA) is 83.6 Å². The summed E-state index contributed by atoms with van der Waals surface area (Å²) in [7, 11) is 0. The highest BCUT2D eigenvalue weighted by molar-refractivity contribution is 5.58. The van der Waals surface area contributed by atoms with Gasteiger partial charge in [-0.15, -0.1) is 0 Å². The average Bonchev–Trinajstić information content (AvgIpc) is 2.16. The van der Waals surface area contributed by atoms with E-state index in [0.29, 0.717) is 5.56 Å². The molecule has 0 spiro atoms. The Morgan fingerprint density at radius 3 is 2.79 bits per heavy atom. The van der Waals surface area contributed by atoms with E-state index in [9.17, 15) is 10.1 Å². The highest BCUT2D eigenvalue weighted by atomic mass is 16.6. The summed E-state index contributed by atoms with van der Waals surface area (Å²) < 4.78 is 0. The fourth-order valence-corrected chi connectivity index (χ4v) is 0.979. The predicted molar refractivity (Wildman–Crippen MR) is 50.9 cm³/mol. The molecule has 0 amide bonds. The summed E-state index contributed by atoms with van der Waals surface area (Å²) in [6.07, 6.45) is 2.99. The van der Waals surface area contributed by atoms with Crippen LogP contribution in [0.4, 0.5) is 5.69 Å². The Hall–Kier alpha value is -1.88. The molecular formula is C9H9NO4. The number of hydrogen-bond donors (Lipinski definition) is 2. The van der Waals surface area contributed by atoms with E-state index < -0.39 is 4.92 Å². The molecule has 0 unspecified atom stereocenters. The van der Waals surface area contributed by atoms with Crippen LogP contribution in [-0.2, 0) is 0 Å². The van der Waals surface area contributed by atoms with Gasteiger partial charge >= 0.3 is 5.69 Å². The van der Waals surface area contributed by atoms with Crippen LogP contribution in [0.5, 0.6) is 5.75 Å². The molecule has 0 saturated heterocycles. The SMILES string of the molecule is O=[N+]([O-])c1cc(C=CCO)ccc1O. The highest BCUT2D eigenvalue weighted by Crippen LogP contribution is 2.26. The highest BCUT2D eigenvalue weighted by Gasteiger charge is 2.12. The molecule has 0 aliphatic heterocycles. The fraction of sp³-hybridized carbons (Fsp3) is 0.111. The minimum atomic E-state index is -0.661. The van der Waals surface area contributed by atoms with E-state index in [2.05, 4.69) is 0 Å². The number of aromatic hydroxyl groups is 1. The van der Waals surface area contributed by atoms with Gasteiger partial charge in [0.15, 0.2) is 5.75 Å². The van der Waals surface area contributed by atoms with Crippen LogP contribution in [0.2, 0.25) is 0 Å². The second-order valence-corrected chi connectivity index (χ2v) is 2.59. The minimum absolute atomic E-state index is 0.130. The van der Waals surface area contributed by atoms with E-state index in [-0.39, 0.29) is 18.0 Å². The molecule has 0 aliphatic rings. The Balaban J connectivity index is 3.06. The molecule has 5 heteroatoms. The number of phenolic OH excluding ortho intramolecular Hbond substituents is 1. The van der Waals surface area contributed by atoms with Crippen molar-refractivity contribution in [3.63, 3.8) is 0 Å². The lowest BCUT2D eigenvalue weighted by atomic mass is 10.2. The van der Waals surface area contributed by atoms with Gasteiger partial charge in [0.2, 0.25) is 0 Å². The maximum absolute atomic E-state index is 10.4. The summed E-state index contributed by atoms with van der Waals surface area (Å²) in [5.41, 5.74) is 0.216. The molecule has 0 bridgehead atoms. The van der Waals surface area contributed by atoms with Gasteiger partial charge in [-0.1, -0.05) is 18.2 Å². The van der Waals surface area contributed by atoms with Gasteiger partial charge in [-0.3, -0.25) is 10.1 Å². The Bertz CT molecular complexity index is 373. The maximum atomic E-state index is 10.4. The first kappa shape index (κ1) is 10.2. The summed E-state index contributed by atoms with van der Waals surface area (Å²) in [5.74, 6) is -0.365. The second kappa shape index (κ2) is 4.38. The number of nitrogens with zero attached hydrogens (tertiary/aromatic N) is 1. The molecule has 14 heavy (non-hydrogen) atoms. The van der Waals surface area contributed by atoms with Crippen molar-refractivity contribution in [3.05, 3.63) is 40.0 Å². The molecular weight excluding hydrogens is 186 g/mol. The van der Waals surface area contributed by atoms with Crippen LogP contribution in [0.25, 0.3) is 6.08 Å². The van der Waals surface area contributed by atoms with E-state index in [1.165, 1.54) is 30.4 Å². The summed E-state index contributed by atoms with van der Waals surface area (Å²) in [6, 6.07) is 4.01. The number of nitro groups is 1. The Kier molecular flexibility index (Phi) is 3.19. The Labute approximate surface area is 80.1 Å². The number of hydrogen-bond acceptors (Lipinski definition) is 4. The molecule has 1 aromatic carbocycles. The molecule has 0 aliphatic carbocycles. The van der Waals surface area contributed by atoms with E-state index >= 15 is 0 Å². The molecule has 0 fully saturated rings. The summed E-state index contributed by atoms with van der Waals surface area (Å²) in [4.78, 5) is 9.76. The molecule has 0 saturated carbocycles. The minimum Gasteiger partial charge on any atom is -0.502 e. The quantitative estimate of drug-likeness (QED) is 0.562. The first-order valence-corrected chi connectivity index (χ1v) is 3.90. The molecule has 1 rings (SSSR count). The first-order chi connectivity index (χ1) is 6.65. The van der Waals surface area contributed by atoms with Crippen molar-refractivity contribution in [2.45, 2.75) is 0 Å². The number of aliphatic hydroxyl groups excluding tert-OH is 1. The van der Waals surface area contributed by atoms with Crippen LogP contribution in [-0.4, -0.2) is 21.7 Å². The summed E-state index contributed by atoms with van der Waals surface area (Å²) in [5, 5.41) is 28.0. The number of benzene rings is 1. The maximum Gasteiger partial charge on any atom is 0.311 e. The smallest absolute Gasteiger partial charge is 0.311 e. The van der Waals surface area contributed by atoms with Crippen LogP contribution in [0.3, 0.4) is 0 Å². The van der Waals surface area contributed by atoms with Crippen LogP contribution in [0.1, 0.15) is 5.56 Å². The van der Waals surface area contributed by atoms with E-state index in [4.69, 9.17) is 10.2 Å². The van der Waals surface area contributed by atoms with Gasteiger partial charge in [0.05, 0.1) is 11.5 Å². The third-order valence-corrected chi connectivity index (χ3v) is 1.61. The first-order valence-electron chi connectivity index (χ1n) is 3.90. The number of nitro benzene ring substituents is 1. The molecule has 74 valence electrons. The average molecular weight is 195 g/mol. The fourth-order valence-electron chi connectivity index (χ4n) is 0.979. The largest absolute Gasteiger partial charge is 0.502 e. The van der Waals surface area contributed by atoms with E-state index in [0.717, 1.165) is 0 Å². The van der Waals surface area contributed by atoms with Crippen molar-refractivity contribution in [2.24, 2.45) is 0 Å². The summed E-state index contributed by atoms with van der Waals surface area (Å²) >= 11 is 0. The van der Waals surface area contributed by atoms with Crippen molar-refractivity contribution in [3.8, 4) is 5.75 Å². The van der Waals surface area contributed by atoms with Crippen LogP contribution in [0.15, 0.2) is 24.3 Å². The third-order valence-electron chi connectivity index (χ3n) is 1.61. The van der Waals surface area contributed by atoms with Gasteiger partial charge < -0.3 is 10.2 Å². The monoisotopic (exact) mass is 195 g/mol. The standard InChI is InChI=1S/C9H9NO4/c11-5-1-2-7-3-4-9(12)8(6-7)10(13)14/h1-4,6,11-12H,5H2. The van der Waals surface area contributed by atoms with Crippen LogP contribution < -0.4 is 0 Å². The Morgan fingerprint density at radius 2 is 2.21 bits per heavy atom. The molecule has 2 N–H and O–H groups in total. The van der Waals surface area contributed by atoms with Gasteiger partial charge in [-0.05, 0) is 11.6 Å². The van der Waals surface area contributed by atoms with Crippen molar-refractivity contribution in [1.29, 1.82) is 0 Å². The van der Waals surface area contributed by atoms with E-state index in [1.807, 2.05) is 0 Å². The zero-order valence-electron chi connectivity index (χ0n) is 7.25. The zero-order valence-corrected chi connectivity index (χ0v) is 7.25. The number of rotatable bonds is 3. The molecule has 0 aromatic heterocycles. The van der Waals surface area contributed by atoms with Crippen molar-refractivity contribution in [1.82, 2.24) is 0 Å². The lowest BCUT2D eigenvalue weighted by Crippen LogP contribution is -1.89. The van der Waals surface area contributed by atoms with Crippen LogP contribution in [0, 0.1) is 10.1 Å². The lowest BCUT2D eigenvalue weighted by Gasteiger charge is -1.97. The normalized spacial score (nSPS) is 10.6. The Morgan fingerprint density at radius 1 is 1.50 bits per heavy atom. The third kappa shape index (κ3) is 2.30. The van der Waals surface area contributed by atoms with Gasteiger partial charge in [0, 0.05) is 6.07 Å². The molecule has 5 nitrogen and oxygen atoms in total. The van der Waals surface area contributed by atoms with Gasteiger partial charge in [0.25, 0.3) is 0 Å². The molecule has 0 radical (unpaired) electrons. The molecule has 0 heterocycles. The predicted octanol–water partition coefficient (Wildman–Crippen LogP) is 1.31. The number of aliphatic hydroxyl groups is 1. The van der Waals surface area contributed by atoms with Crippen molar-refractivity contribution < 1.29 is 15.1 Å². The lowest BCUT2D eigenvalue weighted by molar-refractivity contribution is -0.385. The summed E-state index contributed by atoms with van der Waals surface area (Å²) in [6.45, 7) is -0.130. The second-order valence-electron chi connectivity index (χ2n) is 2.59. The van der Waals surface area contributed by atoms with Gasteiger partial charge in [-0.25, -0.2) is 0 Å².